The molecule has 0 unspecified atom stereocenters. The minimum Gasteiger partial charge on any atom is -0.489 e. The molecule has 1 nitrogen and oxygen atoms in total. The molecule has 0 spiro atoms. The Hall–Kier alpha value is -2.05. The van der Waals surface area contributed by atoms with E-state index in [4.69, 9.17) is 16.3 Å². The molecule has 0 aliphatic heterocycles. The fourth-order valence-electron chi connectivity index (χ4n) is 1.66. The zero-order valence-corrected chi connectivity index (χ0v) is 11.3. The topological polar surface area (TPSA) is 9.23 Å². The monoisotopic (exact) mass is 292 g/mol. The number of hydrogen-bond acceptors (Lipinski definition) is 1. The van der Waals surface area contributed by atoms with Crippen LogP contribution in [0.15, 0.2) is 42.5 Å². The van der Waals surface area contributed by atoms with E-state index in [1.807, 2.05) is 6.07 Å². The highest BCUT2D eigenvalue weighted by Gasteiger charge is 2.02. The molecule has 0 saturated heterocycles. The van der Waals surface area contributed by atoms with E-state index >= 15 is 0 Å². The second kappa shape index (κ2) is 6.93. The summed E-state index contributed by atoms with van der Waals surface area (Å²) in [5.41, 5.74) is 1.20. The van der Waals surface area contributed by atoms with Gasteiger partial charge in [0.15, 0.2) is 0 Å². The third kappa shape index (κ3) is 4.25. The van der Waals surface area contributed by atoms with E-state index in [1.54, 1.807) is 18.2 Å². The lowest BCUT2D eigenvalue weighted by Gasteiger charge is -2.07. The number of benzene rings is 2. The van der Waals surface area contributed by atoms with Crippen LogP contribution in [0, 0.1) is 23.5 Å². The molecule has 0 N–H and O–H groups in total. The Morgan fingerprint density at radius 3 is 2.50 bits per heavy atom. The van der Waals surface area contributed by atoms with Gasteiger partial charge in [-0.1, -0.05) is 17.9 Å². The third-order valence-corrected chi connectivity index (χ3v) is 2.60. The summed E-state index contributed by atoms with van der Waals surface area (Å²) in [5, 5.41) is 0. The molecule has 2 aromatic carbocycles. The summed E-state index contributed by atoms with van der Waals surface area (Å²) in [7, 11) is 0. The van der Waals surface area contributed by atoms with Crippen LogP contribution in [0.4, 0.5) is 8.78 Å². The zero-order chi connectivity index (χ0) is 14.4. The fraction of sp³-hybridized carbons (Fsp3) is 0.125. The van der Waals surface area contributed by atoms with Crippen molar-refractivity contribution in [1.82, 2.24) is 0 Å². The largest absolute Gasteiger partial charge is 0.489 e. The SMILES string of the molecule is Fc1cc(F)cc(COc2cccc(C#CCCl)c2)c1. The van der Waals surface area contributed by atoms with Crippen molar-refractivity contribution in [2.24, 2.45) is 0 Å². The highest BCUT2D eigenvalue weighted by Crippen LogP contribution is 2.16. The van der Waals surface area contributed by atoms with Crippen LogP contribution < -0.4 is 4.74 Å². The van der Waals surface area contributed by atoms with E-state index in [1.165, 1.54) is 12.1 Å². The molecule has 20 heavy (non-hydrogen) atoms. The minimum absolute atomic E-state index is 0.0844. The van der Waals surface area contributed by atoms with E-state index in [-0.39, 0.29) is 12.5 Å². The maximum absolute atomic E-state index is 13.0. The predicted octanol–water partition coefficient (Wildman–Crippen LogP) is 4.13. The lowest BCUT2D eigenvalue weighted by molar-refractivity contribution is 0.304. The zero-order valence-electron chi connectivity index (χ0n) is 10.5. The van der Waals surface area contributed by atoms with Crippen molar-refractivity contribution >= 4 is 11.6 Å². The van der Waals surface area contributed by atoms with Crippen LogP contribution in [0.5, 0.6) is 5.75 Å². The number of ether oxygens (including phenoxy) is 1. The summed E-state index contributed by atoms with van der Waals surface area (Å²) in [6, 6.07) is 10.4. The van der Waals surface area contributed by atoms with Gasteiger partial charge in [-0.25, -0.2) is 8.78 Å². The quantitative estimate of drug-likeness (QED) is 0.610. The summed E-state index contributed by atoms with van der Waals surface area (Å²) < 4.78 is 31.6. The van der Waals surface area contributed by atoms with Crippen LogP contribution >= 0.6 is 11.6 Å². The van der Waals surface area contributed by atoms with Gasteiger partial charge in [0, 0.05) is 11.6 Å². The molecule has 0 atom stereocenters. The first-order chi connectivity index (χ1) is 9.67. The van der Waals surface area contributed by atoms with E-state index in [9.17, 15) is 8.78 Å². The van der Waals surface area contributed by atoms with Crippen molar-refractivity contribution in [3.8, 4) is 17.6 Å². The summed E-state index contributed by atoms with van der Waals surface area (Å²) in [6.45, 7) is 0.0844. The van der Waals surface area contributed by atoms with Crippen molar-refractivity contribution in [1.29, 1.82) is 0 Å². The molecule has 2 aromatic rings. The van der Waals surface area contributed by atoms with Gasteiger partial charge in [0.1, 0.15) is 24.0 Å². The summed E-state index contributed by atoms with van der Waals surface area (Å²) >= 11 is 5.49. The molecule has 2 rings (SSSR count). The van der Waals surface area contributed by atoms with Crippen molar-refractivity contribution in [3.63, 3.8) is 0 Å². The molecule has 0 bridgehead atoms. The summed E-state index contributed by atoms with van der Waals surface area (Å²) in [5.74, 6) is 5.21. The molecular weight excluding hydrogens is 282 g/mol. The van der Waals surface area contributed by atoms with Gasteiger partial charge in [-0.15, -0.1) is 11.6 Å². The molecule has 0 radical (unpaired) electrons. The van der Waals surface area contributed by atoms with Gasteiger partial charge in [0.05, 0.1) is 5.88 Å². The first kappa shape index (κ1) is 14.4. The second-order valence-corrected chi connectivity index (χ2v) is 4.30. The Balaban J connectivity index is 2.07. The minimum atomic E-state index is -0.620. The average molecular weight is 293 g/mol. The Bertz CT molecular complexity index is 639. The molecule has 0 heterocycles. The normalized spacial score (nSPS) is 9.75. The smallest absolute Gasteiger partial charge is 0.126 e. The molecule has 0 amide bonds. The molecule has 0 aromatic heterocycles. The van der Waals surface area contributed by atoms with Crippen molar-refractivity contribution in [2.45, 2.75) is 6.61 Å². The lowest BCUT2D eigenvalue weighted by Crippen LogP contribution is -1.97. The molecule has 0 fully saturated rings. The van der Waals surface area contributed by atoms with E-state index in [2.05, 4.69) is 11.8 Å². The van der Waals surface area contributed by atoms with Crippen LogP contribution in [-0.2, 0) is 6.61 Å². The van der Waals surface area contributed by atoms with Crippen molar-refractivity contribution in [2.75, 3.05) is 5.88 Å². The Kier molecular flexibility index (Phi) is 4.97. The molecule has 4 heteroatoms. The van der Waals surface area contributed by atoms with Gasteiger partial charge in [-0.3, -0.25) is 0 Å². The van der Waals surface area contributed by atoms with Gasteiger partial charge in [-0.2, -0.15) is 0 Å². The fourth-order valence-corrected chi connectivity index (χ4v) is 1.73. The molecule has 102 valence electrons. The van der Waals surface area contributed by atoms with E-state index in [0.29, 0.717) is 11.3 Å². The van der Waals surface area contributed by atoms with Gasteiger partial charge >= 0.3 is 0 Å². The number of halogens is 3. The third-order valence-electron chi connectivity index (χ3n) is 2.46. The highest BCUT2D eigenvalue weighted by atomic mass is 35.5. The standard InChI is InChI=1S/C16H11ClF2O/c17-6-2-4-12-3-1-5-16(9-12)20-11-13-7-14(18)10-15(19)8-13/h1,3,5,7-10H,6,11H2. The second-order valence-electron chi connectivity index (χ2n) is 4.03. The summed E-state index contributed by atoms with van der Waals surface area (Å²) in [6.07, 6.45) is 0. The number of rotatable bonds is 3. The van der Waals surface area contributed by atoms with Gasteiger partial charge in [0.2, 0.25) is 0 Å². The van der Waals surface area contributed by atoms with Gasteiger partial charge in [0.25, 0.3) is 0 Å². The van der Waals surface area contributed by atoms with Crippen molar-refractivity contribution < 1.29 is 13.5 Å². The molecule has 0 aliphatic rings. The Labute approximate surface area is 121 Å². The highest BCUT2D eigenvalue weighted by molar-refractivity contribution is 6.19. The first-order valence-electron chi connectivity index (χ1n) is 5.90. The van der Waals surface area contributed by atoms with E-state index < -0.39 is 11.6 Å². The van der Waals surface area contributed by atoms with Crippen LogP contribution in [0.25, 0.3) is 0 Å². The molecule has 0 aliphatic carbocycles. The van der Waals surface area contributed by atoms with Crippen molar-refractivity contribution in [3.05, 3.63) is 65.2 Å². The maximum Gasteiger partial charge on any atom is 0.126 e. The number of hydrogen-bond donors (Lipinski definition) is 0. The van der Waals surface area contributed by atoms with Gasteiger partial charge < -0.3 is 4.74 Å². The van der Waals surface area contributed by atoms with Gasteiger partial charge in [-0.05, 0) is 35.9 Å². The van der Waals surface area contributed by atoms with Crippen LogP contribution in [0.3, 0.4) is 0 Å². The van der Waals surface area contributed by atoms with Crippen LogP contribution in [0.1, 0.15) is 11.1 Å². The average Bonchev–Trinajstić information content (AvgIpc) is 2.42. The molecule has 0 saturated carbocycles. The van der Waals surface area contributed by atoms with Crippen LogP contribution in [-0.4, -0.2) is 5.88 Å². The Morgan fingerprint density at radius 2 is 1.80 bits per heavy atom. The molecular formula is C16H11ClF2O. The Morgan fingerprint density at radius 1 is 1.05 bits per heavy atom. The van der Waals surface area contributed by atoms with E-state index in [0.717, 1.165) is 11.6 Å². The van der Waals surface area contributed by atoms with Crippen LogP contribution in [0.2, 0.25) is 0 Å². The maximum atomic E-state index is 13.0. The first-order valence-corrected chi connectivity index (χ1v) is 6.43. The summed E-state index contributed by atoms with van der Waals surface area (Å²) in [4.78, 5) is 0. The number of alkyl halides is 1. The predicted molar refractivity (Wildman–Crippen MR) is 74.7 cm³/mol. The lowest BCUT2D eigenvalue weighted by atomic mass is 10.2.